The normalized spacial score (nSPS) is 12.8. The standard InChI is InChI=1S/C17H22BF4O4/c1-15(2,24)16(3,4)26-18-10-8-11(19)14(13(9-10)25-5)12(23)6-7-17(20,21)22/h8-9,24H,6-7H2,1-5H3. The number of Topliss-reactive ketones (excluding diaryl/α,β-unsaturated/α-hetero) is 1. The molecule has 0 saturated heterocycles. The van der Waals surface area contributed by atoms with Gasteiger partial charge in [-0.05, 0) is 45.3 Å². The highest BCUT2D eigenvalue weighted by Crippen LogP contribution is 2.27. The SMILES string of the molecule is COc1cc([B]OC(C)(C)C(C)(C)O)cc(F)c1C(=O)CCC(F)(F)F. The Morgan fingerprint density at radius 1 is 1.19 bits per heavy atom. The van der Waals surface area contributed by atoms with Crippen molar-refractivity contribution < 1.29 is 36.9 Å². The van der Waals surface area contributed by atoms with Crippen LogP contribution in [0.2, 0.25) is 0 Å². The topological polar surface area (TPSA) is 55.8 Å². The van der Waals surface area contributed by atoms with Crippen molar-refractivity contribution >= 4 is 18.7 Å². The third-order valence-corrected chi connectivity index (χ3v) is 4.17. The summed E-state index contributed by atoms with van der Waals surface area (Å²) in [6, 6.07) is 2.24. The van der Waals surface area contributed by atoms with Crippen LogP contribution in [0.15, 0.2) is 12.1 Å². The maximum atomic E-state index is 14.3. The summed E-state index contributed by atoms with van der Waals surface area (Å²) in [5, 5.41) is 10.0. The molecule has 26 heavy (non-hydrogen) atoms. The first kappa shape index (κ1) is 22.4. The van der Waals surface area contributed by atoms with Gasteiger partial charge in [0.25, 0.3) is 0 Å². The van der Waals surface area contributed by atoms with E-state index in [2.05, 4.69) is 0 Å². The fourth-order valence-electron chi connectivity index (χ4n) is 1.84. The zero-order chi connectivity index (χ0) is 20.3. The number of alkyl halides is 3. The molecule has 0 unspecified atom stereocenters. The summed E-state index contributed by atoms with van der Waals surface area (Å²) in [7, 11) is 2.37. The van der Waals surface area contributed by atoms with Crippen LogP contribution in [0.1, 0.15) is 50.9 Å². The Labute approximate surface area is 150 Å². The summed E-state index contributed by atoms with van der Waals surface area (Å²) in [5.41, 5.74) is -2.53. The van der Waals surface area contributed by atoms with Crippen LogP contribution in [0, 0.1) is 5.82 Å². The van der Waals surface area contributed by atoms with Crippen LogP contribution in [-0.4, -0.2) is 42.9 Å². The first-order valence-corrected chi connectivity index (χ1v) is 7.89. The van der Waals surface area contributed by atoms with Gasteiger partial charge < -0.3 is 14.5 Å². The summed E-state index contributed by atoms with van der Waals surface area (Å²) in [4.78, 5) is 12.0. The molecule has 0 amide bonds. The summed E-state index contributed by atoms with van der Waals surface area (Å²) < 4.78 is 61.6. The minimum atomic E-state index is -4.51. The summed E-state index contributed by atoms with van der Waals surface area (Å²) >= 11 is 0. The molecule has 0 aliphatic rings. The number of ketones is 1. The molecule has 0 aliphatic heterocycles. The van der Waals surface area contributed by atoms with Crippen molar-refractivity contribution in [1.82, 2.24) is 0 Å². The minimum absolute atomic E-state index is 0.187. The third kappa shape index (κ3) is 5.98. The molecule has 1 aromatic carbocycles. The molecule has 0 heterocycles. The number of carbonyl (C=O) groups excluding carboxylic acids is 1. The number of rotatable bonds is 8. The zero-order valence-corrected chi connectivity index (χ0v) is 15.3. The molecule has 0 saturated carbocycles. The van der Waals surface area contributed by atoms with Crippen LogP contribution in [0.3, 0.4) is 0 Å². The largest absolute Gasteiger partial charge is 0.496 e. The van der Waals surface area contributed by atoms with Gasteiger partial charge in [0.1, 0.15) is 11.6 Å². The lowest BCUT2D eigenvalue weighted by atomic mass is 9.82. The van der Waals surface area contributed by atoms with Crippen LogP contribution in [0.25, 0.3) is 0 Å². The Balaban J connectivity index is 3.01. The minimum Gasteiger partial charge on any atom is -0.496 e. The summed E-state index contributed by atoms with van der Waals surface area (Å²) in [5.74, 6) is -2.19. The van der Waals surface area contributed by atoms with Gasteiger partial charge in [-0.2, -0.15) is 13.2 Å². The highest BCUT2D eigenvalue weighted by atomic mass is 19.4. The molecule has 0 spiro atoms. The number of hydrogen-bond donors (Lipinski definition) is 1. The highest BCUT2D eigenvalue weighted by molar-refractivity contribution is 6.47. The van der Waals surface area contributed by atoms with E-state index in [0.717, 1.165) is 6.07 Å². The molecule has 0 bridgehead atoms. The van der Waals surface area contributed by atoms with Crippen LogP contribution in [0.4, 0.5) is 17.6 Å². The number of aliphatic hydroxyl groups is 1. The average Bonchev–Trinajstić information content (AvgIpc) is 2.48. The molecular formula is C17H22BF4O4. The Bertz CT molecular complexity index is 651. The predicted molar refractivity (Wildman–Crippen MR) is 89.4 cm³/mol. The number of benzene rings is 1. The maximum Gasteiger partial charge on any atom is 0.389 e. The highest BCUT2D eigenvalue weighted by Gasteiger charge is 2.36. The van der Waals surface area contributed by atoms with E-state index in [9.17, 15) is 27.5 Å². The quantitative estimate of drug-likeness (QED) is 0.430. The van der Waals surface area contributed by atoms with Gasteiger partial charge in [0.05, 0.1) is 30.3 Å². The van der Waals surface area contributed by atoms with Gasteiger partial charge in [-0.25, -0.2) is 4.39 Å². The van der Waals surface area contributed by atoms with E-state index in [1.54, 1.807) is 27.7 Å². The van der Waals surface area contributed by atoms with Crippen molar-refractivity contribution in [1.29, 1.82) is 0 Å². The van der Waals surface area contributed by atoms with Gasteiger partial charge in [0.2, 0.25) is 0 Å². The van der Waals surface area contributed by atoms with E-state index < -0.39 is 47.4 Å². The molecule has 0 aromatic heterocycles. The first-order chi connectivity index (χ1) is 11.7. The molecule has 9 heteroatoms. The molecular weight excluding hydrogens is 355 g/mol. The van der Waals surface area contributed by atoms with Crippen LogP contribution < -0.4 is 10.2 Å². The van der Waals surface area contributed by atoms with Crippen LogP contribution in [-0.2, 0) is 4.65 Å². The molecule has 1 aromatic rings. The maximum absolute atomic E-state index is 14.3. The second-order valence-electron chi connectivity index (χ2n) is 6.92. The molecule has 0 aliphatic carbocycles. The lowest BCUT2D eigenvalue weighted by Crippen LogP contribution is -2.49. The molecule has 0 fully saturated rings. The second kappa shape index (κ2) is 7.96. The number of ether oxygens (including phenoxy) is 1. The zero-order valence-electron chi connectivity index (χ0n) is 15.3. The number of methoxy groups -OCH3 is 1. The van der Waals surface area contributed by atoms with Gasteiger partial charge in [-0.15, -0.1) is 0 Å². The molecule has 145 valence electrons. The van der Waals surface area contributed by atoms with Crippen LogP contribution in [0.5, 0.6) is 5.75 Å². The van der Waals surface area contributed by atoms with Crippen LogP contribution >= 0.6 is 0 Å². The number of halogens is 4. The molecule has 1 N–H and O–H groups in total. The Hall–Kier alpha value is -1.61. The summed E-state index contributed by atoms with van der Waals surface area (Å²) in [6.45, 7) is 6.35. The Morgan fingerprint density at radius 3 is 2.23 bits per heavy atom. The van der Waals surface area contributed by atoms with Crippen molar-refractivity contribution in [2.75, 3.05) is 7.11 Å². The number of carbonyl (C=O) groups is 1. The van der Waals surface area contributed by atoms with E-state index in [1.807, 2.05) is 0 Å². The van der Waals surface area contributed by atoms with Gasteiger partial charge in [0, 0.05) is 6.42 Å². The molecule has 4 nitrogen and oxygen atoms in total. The van der Waals surface area contributed by atoms with E-state index in [-0.39, 0.29) is 11.2 Å². The third-order valence-electron chi connectivity index (χ3n) is 4.17. The molecule has 1 radical (unpaired) electrons. The van der Waals surface area contributed by atoms with E-state index in [1.165, 1.54) is 20.7 Å². The molecule has 0 atom stereocenters. The monoisotopic (exact) mass is 377 g/mol. The first-order valence-electron chi connectivity index (χ1n) is 7.89. The van der Waals surface area contributed by atoms with Gasteiger partial charge in [0.15, 0.2) is 5.78 Å². The predicted octanol–water partition coefficient (Wildman–Crippen LogP) is 3.17. The van der Waals surface area contributed by atoms with Crippen molar-refractivity contribution in [2.45, 2.75) is 57.9 Å². The van der Waals surface area contributed by atoms with Crippen molar-refractivity contribution in [3.63, 3.8) is 0 Å². The molecule has 1 rings (SSSR count). The fourth-order valence-corrected chi connectivity index (χ4v) is 1.84. The smallest absolute Gasteiger partial charge is 0.389 e. The average molecular weight is 377 g/mol. The second-order valence-corrected chi connectivity index (χ2v) is 6.92. The van der Waals surface area contributed by atoms with E-state index in [4.69, 9.17) is 9.39 Å². The Morgan fingerprint density at radius 2 is 1.77 bits per heavy atom. The van der Waals surface area contributed by atoms with Gasteiger partial charge in [-0.3, -0.25) is 4.79 Å². The van der Waals surface area contributed by atoms with Crippen molar-refractivity contribution in [3.8, 4) is 5.75 Å². The lowest BCUT2D eigenvalue weighted by molar-refractivity contribution is -0.133. The van der Waals surface area contributed by atoms with Crippen molar-refractivity contribution in [3.05, 3.63) is 23.5 Å². The van der Waals surface area contributed by atoms with E-state index in [0.29, 0.717) is 0 Å². The van der Waals surface area contributed by atoms with E-state index >= 15 is 0 Å². The van der Waals surface area contributed by atoms with Gasteiger partial charge in [-0.1, -0.05) is 0 Å². The number of hydrogen-bond acceptors (Lipinski definition) is 4. The lowest BCUT2D eigenvalue weighted by Gasteiger charge is -2.37. The fraction of sp³-hybridized carbons (Fsp3) is 0.588. The van der Waals surface area contributed by atoms with Crippen molar-refractivity contribution in [2.24, 2.45) is 0 Å². The van der Waals surface area contributed by atoms with Gasteiger partial charge >= 0.3 is 13.7 Å². The summed E-state index contributed by atoms with van der Waals surface area (Å²) in [6.07, 6.45) is -6.73. The Kier molecular flexibility index (Phi) is 6.87.